The van der Waals surface area contributed by atoms with Gasteiger partial charge in [-0.3, -0.25) is 0 Å². The van der Waals surface area contributed by atoms with E-state index >= 15 is 0 Å². The molecule has 4 rings (SSSR count). The normalized spacial score (nSPS) is 14.9. The molecule has 1 heterocycles. The molecule has 1 saturated carbocycles. The molecule has 1 N–H and O–H groups in total. The fourth-order valence-electron chi connectivity index (χ4n) is 2.87. The Labute approximate surface area is 167 Å². The maximum atomic E-state index is 13.6. The van der Waals surface area contributed by atoms with Crippen LogP contribution in [0.3, 0.4) is 0 Å². The lowest BCUT2D eigenvalue weighted by Gasteiger charge is -2.10. The Morgan fingerprint density at radius 1 is 1.14 bits per heavy atom. The highest BCUT2D eigenvalue weighted by atomic mass is 32.2. The van der Waals surface area contributed by atoms with Gasteiger partial charge in [0.05, 0.1) is 25.0 Å². The number of rotatable bonds is 9. The van der Waals surface area contributed by atoms with E-state index in [0.29, 0.717) is 22.4 Å². The van der Waals surface area contributed by atoms with Crippen LogP contribution in [0.2, 0.25) is 0 Å². The molecule has 0 amide bonds. The number of aliphatic hydroxyl groups excluding tert-OH is 1. The van der Waals surface area contributed by atoms with Gasteiger partial charge in [0.2, 0.25) is 5.16 Å². The van der Waals surface area contributed by atoms with Gasteiger partial charge >= 0.3 is 0 Å². The highest BCUT2D eigenvalue weighted by molar-refractivity contribution is 7.99. The maximum Gasteiger partial charge on any atom is 0.209 e. The Balaban J connectivity index is 1.31. The molecule has 1 unspecified atom stereocenters. The summed E-state index contributed by atoms with van der Waals surface area (Å²) in [6.45, 7) is 0.275. The predicted molar refractivity (Wildman–Crippen MR) is 106 cm³/mol. The minimum atomic E-state index is -0.676. The summed E-state index contributed by atoms with van der Waals surface area (Å²) in [7, 11) is 0. The molecule has 0 bridgehead atoms. The maximum absolute atomic E-state index is 13.6. The molecule has 0 aliphatic heterocycles. The van der Waals surface area contributed by atoms with E-state index in [9.17, 15) is 9.50 Å². The summed E-state index contributed by atoms with van der Waals surface area (Å²) in [5, 5.41) is 15.4. The van der Waals surface area contributed by atoms with Gasteiger partial charge in [-0.05, 0) is 31.0 Å². The molecular weight excluding hydrogens is 377 g/mol. The Bertz CT molecular complexity index is 915. The van der Waals surface area contributed by atoms with Crippen LogP contribution in [0.1, 0.15) is 30.1 Å². The number of hydrogen-bond donors (Lipinski definition) is 1. The smallest absolute Gasteiger partial charge is 0.209 e. The van der Waals surface area contributed by atoms with Crippen LogP contribution in [0, 0.1) is 5.82 Å². The third-order valence-electron chi connectivity index (χ3n) is 4.49. The first-order valence-electron chi connectivity index (χ1n) is 9.35. The highest BCUT2D eigenvalue weighted by Crippen LogP contribution is 2.40. The van der Waals surface area contributed by atoms with Crippen molar-refractivity contribution in [1.29, 1.82) is 0 Å². The van der Waals surface area contributed by atoms with Crippen molar-refractivity contribution in [2.45, 2.75) is 36.6 Å². The predicted octanol–water partition coefficient (Wildman–Crippen LogP) is 3.95. The number of ether oxygens (including phenoxy) is 1. The van der Waals surface area contributed by atoms with E-state index in [2.05, 4.69) is 10.1 Å². The zero-order valence-electron chi connectivity index (χ0n) is 15.4. The molecule has 1 fully saturated rings. The average molecular weight is 399 g/mol. The quantitative estimate of drug-likeness (QED) is 0.552. The van der Waals surface area contributed by atoms with E-state index in [1.807, 2.05) is 35.0 Å². The molecule has 3 aromatic rings. The Morgan fingerprint density at radius 3 is 2.64 bits per heavy atom. The van der Waals surface area contributed by atoms with Gasteiger partial charge in [0.1, 0.15) is 11.6 Å². The number of para-hydroxylation sites is 1. The average Bonchev–Trinajstić information content (AvgIpc) is 3.48. The first kappa shape index (κ1) is 19.1. The van der Waals surface area contributed by atoms with Crippen LogP contribution in [-0.4, -0.2) is 38.3 Å². The number of nitrogens with zero attached hydrogens (tertiary/aromatic N) is 3. The summed E-state index contributed by atoms with van der Waals surface area (Å²) < 4.78 is 20.9. The van der Waals surface area contributed by atoms with Gasteiger partial charge in [-0.1, -0.05) is 48.2 Å². The Kier molecular flexibility index (Phi) is 6.04. The summed E-state index contributed by atoms with van der Waals surface area (Å²) in [6.07, 6.45) is 1.61. The largest absolute Gasteiger partial charge is 0.390 e. The number of aliphatic hydroxyl groups is 1. The van der Waals surface area contributed by atoms with Gasteiger partial charge in [0.15, 0.2) is 0 Å². The summed E-state index contributed by atoms with van der Waals surface area (Å²) in [4.78, 5) is 4.67. The fourth-order valence-corrected chi connectivity index (χ4v) is 3.60. The lowest BCUT2D eigenvalue weighted by Crippen LogP contribution is -2.18. The second-order valence-electron chi connectivity index (χ2n) is 6.85. The first-order chi connectivity index (χ1) is 13.7. The molecule has 1 aliphatic carbocycles. The van der Waals surface area contributed by atoms with Gasteiger partial charge < -0.3 is 9.84 Å². The minimum Gasteiger partial charge on any atom is -0.390 e. The second kappa shape index (κ2) is 8.86. The second-order valence-corrected chi connectivity index (χ2v) is 7.83. The first-order valence-corrected chi connectivity index (χ1v) is 10.3. The van der Waals surface area contributed by atoms with Crippen molar-refractivity contribution in [2.75, 3.05) is 12.4 Å². The molecule has 28 heavy (non-hydrogen) atoms. The summed E-state index contributed by atoms with van der Waals surface area (Å²) in [5.41, 5.74) is 1.48. The molecule has 5 nitrogen and oxygen atoms in total. The van der Waals surface area contributed by atoms with Gasteiger partial charge in [-0.15, -0.1) is 5.10 Å². The van der Waals surface area contributed by atoms with E-state index < -0.39 is 6.10 Å². The number of thioether (sulfide) groups is 1. The van der Waals surface area contributed by atoms with Crippen LogP contribution >= 0.6 is 11.8 Å². The molecule has 0 radical (unpaired) electrons. The van der Waals surface area contributed by atoms with Crippen molar-refractivity contribution in [2.24, 2.45) is 0 Å². The molecule has 7 heteroatoms. The van der Waals surface area contributed by atoms with Crippen molar-refractivity contribution in [3.8, 4) is 5.69 Å². The Hall–Kier alpha value is -2.22. The number of halogens is 1. The van der Waals surface area contributed by atoms with Crippen LogP contribution in [-0.2, 0) is 11.3 Å². The van der Waals surface area contributed by atoms with Crippen LogP contribution < -0.4 is 0 Å². The van der Waals surface area contributed by atoms with E-state index in [1.165, 1.54) is 17.8 Å². The number of aromatic nitrogens is 3. The third-order valence-corrected chi connectivity index (χ3v) is 5.47. The molecule has 1 aromatic heterocycles. The van der Waals surface area contributed by atoms with E-state index in [1.54, 1.807) is 18.2 Å². The van der Waals surface area contributed by atoms with Crippen LogP contribution in [0.4, 0.5) is 4.39 Å². The SMILES string of the molecule is OC(COCc1ccccc1F)CSc1nc(C2CC2)n(-c2ccccc2)n1. The molecule has 146 valence electrons. The zero-order valence-corrected chi connectivity index (χ0v) is 16.2. The molecule has 1 atom stereocenters. The van der Waals surface area contributed by atoms with E-state index in [4.69, 9.17) is 4.74 Å². The summed E-state index contributed by atoms with van der Waals surface area (Å²) in [6, 6.07) is 16.5. The van der Waals surface area contributed by atoms with Gasteiger partial charge in [-0.25, -0.2) is 14.1 Å². The molecular formula is C21H22FN3O2S. The number of benzene rings is 2. The standard InChI is InChI=1S/C21H22FN3O2S/c22-19-9-5-4-6-16(19)12-27-13-18(26)14-28-21-23-20(15-10-11-15)25(24-21)17-7-2-1-3-8-17/h1-9,15,18,26H,10-14H2. The number of hydrogen-bond acceptors (Lipinski definition) is 5. The molecule has 1 aliphatic rings. The van der Waals surface area contributed by atoms with Crippen LogP contribution in [0.15, 0.2) is 59.8 Å². The van der Waals surface area contributed by atoms with Crippen LogP contribution in [0.5, 0.6) is 0 Å². The lowest BCUT2D eigenvalue weighted by molar-refractivity contribution is 0.0386. The third kappa shape index (κ3) is 4.79. The van der Waals surface area contributed by atoms with E-state index in [-0.39, 0.29) is 19.0 Å². The van der Waals surface area contributed by atoms with Crippen molar-refractivity contribution in [3.05, 3.63) is 71.8 Å². The summed E-state index contributed by atoms with van der Waals surface area (Å²) in [5.74, 6) is 1.57. The van der Waals surface area contributed by atoms with Crippen molar-refractivity contribution >= 4 is 11.8 Å². The fraction of sp³-hybridized carbons (Fsp3) is 0.333. The van der Waals surface area contributed by atoms with Crippen molar-refractivity contribution < 1.29 is 14.2 Å². The minimum absolute atomic E-state index is 0.135. The molecule has 0 saturated heterocycles. The highest BCUT2D eigenvalue weighted by Gasteiger charge is 2.30. The van der Waals surface area contributed by atoms with Crippen molar-refractivity contribution in [1.82, 2.24) is 14.8 Å². The molecule has 0 spiro atoms. The van der Waals surface area contributed by atoms with Crippen LogP contribution in [0.25, 0.3) is 5.69 Å². The van der Waals surface area contributed by atoms with Crippen molar-refractivity contribution in [3.63, 3.8) is 0 Å². The van der Waals surface area contributed by atoms with Gasteiger partial charge in [0, 0.05) is 17.2 Å². The van der Waals surface area contributed by atoms with E-state index in [0.717, 1.165) is 24.4 Å². The summed E-state index contributed by atoms with van der Waals surface area (Å²) >= 11 is 1.41. The van der Waals surface area contributed by atoms with Gasteiger partial charge in [-0.2, -0.15) is 0 Å². The molecule has 2 aromatic carbocycles. The Morgan fingerprint density at radius 2 is 1.89 bits per heavy atom. The topological polar surface area (TPSA) is 60.2 Å². The van der Waals surface area contributed by atoms with Gasteiger partial charge in [0.25, 0.3) is 0 Å². The monoisotopic (exact) mass is 399 g/mol. The zero-order chi connectivity index (χ0) is 19.3. The lowest BCUT2D eigenvalue weighted by atomic mass is 10.2.